The van der Waals surface area contributed by atoms with E-state index < -0.39 is 0 Å². The third-order valence-corrected chi connectivity index (χ3v) is 3.40. The number of rotatable bonds is 4. The van der Waals surface area contributed by atoms with E-state index in [0.29, 0.717) is 0 Å². The van der Waals surface area contributed by atoms with Crippen molar-refractivity contribution >= 4 is 16.8 Å². The molecule has 1 aromatic carbocycles. The van der Waals surface area contributed by atoms with E-state index >= 15 is 0 Å². The van der Waals surface area contributed by atoms with Crippen molar-refractivity contribution in [2.24, 2.45) is 0 Å². The molecule has 2 rings (SSSR count). The van der Waals surface area contributed by atoms with Crippen LogP contribution in [0.25, 0.3) is 10.9 Å². The molecule has 3 heteroatoms. The molecule has 0 aliphatic rings. The summed E-state index contributed by atoms with van der Waals surface area (Å²) in [5.41, 5.74) is 3.02. The Kier molecular flexibility index (Phi) is 3.70. The summed E-state index contributed by atoms with van der Waals surface area (Å²) in [5, 5.41) is 3.91. The average molecular weight is 244 g/mol. The molecule has 0 radical (unpaired) electrons. The van der Waals surface area contributed by atoms with Gasteiger partial charge in [0.15, 0.2) is 0 Å². The quantitative estimate of drug-likeness (QED) is 0.881. The van der Waals surface area contributed by atoms with Gasteiger partial charge in [-0.15, -0.1) is 0 Å². The Hall–Kier alpha value is -1.77. The third kappa shape index (κ3) is 2.01. The van der Waals surface area contributed by atoms with Gasteiger partial charge < -0.3 is 9.88 Å². The highest BCUT2D eigenvalue weighted by molar-refractivity contribution is 6.01. The van der Waals surface area contributed by atoms with Crippen LogP contribution < -0.4 is 5.32 Å². The summed E-state index contributed by atoms with van der Waals surface area (Å²) < 4.78 is 2.15. The molecule has 0 atom stereocenters. The number of aromatic nitrogens is 1. The van der Waals surface area contributed by atoms with E-state index in [9.17, 15) is 4.79 Å². The summed E-state index contributed by atoms with van der Waals surface area (Å²) in [6, 6.07) is 8.22. The summed E-state index contributed by atoms with van der Waals surface area (Å²) >= 11 is 0. The molecule has 0 unspecified atom stereocenters. The number of nitrogens with zero attached hydrogens (tertiary/aromatic N) is 1. The van der Waals surface area contributed by atoms with Crippen LogP contribution in [0.2, 0.25) is 0 Å². The van der Waals surface area contributed by atoms with Crippen molar-refractivity contribution in [2.45, 2.75) is 33.2 Å². The van der Waals surface area contributed by atoms with Gasteiger partial charge in [-0.1, -0.05) is 31.5 Å². The molecule has 1 amide bonds. The summed E-state index contributed by atoms with van der Waals surface area (Å²) in [5.74, 6) is -0.000182. The number of carbonyl (C=O) groups excluding carboxylic acids is 1. The zero-order chi connectivity index (χ0) is 13.1. The number of nitrogens with one attached hydrogen (secondary N) is 1. The molecule has 0 aliphatic carbocycles. The molecular weight excluding hydrogens is 224 g/mol. The van der Waals surface area contributed by atoms with Gasteiger partial charge >= 0.3 is 0 Å². The van der Waals surface area contributed by atoms with E-state index in [2.05, 4.69) is 28.9 Å². The van der Waals surface area contributed by atoms with Crippen molar-refractivity contribution in [3.8, 4) is 0 Å². The third-order valence-electron chi connectivity index (χ3n) is 3.40. The van der Waals surface area contributed by atoms with E-state index in [1.54, 1.807) is 7.05 Å². The zero-order valence-corrected chi connectivity index (χ0v) is 11.3. The number of para-hydroxylation sites is 1. The van der Waals surface area contributed by atoms with Gasteiger partial charge in [0, 0.05) is 24.5 Å². The number of hydrogen-bond acceptors (Lipinski definition) is 1. The lowest BCUT2D eigenvalue weighted by Crippen LogP contribution is -2.22. The molecule has 0 spiro atoms. The number of unbranched alkanes of at least 4 members (excludes halogenated alkanes) is 1. The lowest BCUT2D eigenvalue weighted by molar-refractivity contribution is 0.0953. The molecular formula is C15H20N2O. The van der Waals surface area contributed by atoms with E-state index in [0.717, 1.165) is 36.2 Å². The van der Waals surface area contributed by atoms with E-state index in [-0.39, 0.29) is 5.91 Å². The molecule has 1 heterocycles. The molecule has 3 nitrogen and oxygen atoms in total. The molecule has 0 saturated carbocycles. The van der Waals surface area contributed by atoms with Gasteiger partial charge in [0.1, 0.15) is 5.69 Å². The molecule has 2 aromatic rings. The van der Waals surface area contributed by atoms with Crippen LogP contribution in [0.4, 0.5) is 0 Å². The first-order valence-corrected chi connectivity index (χ1v) is 6.50. The predicted molar refractivity (Wildman–Crippen MR) is 75.0 cm³/mol. The van der Waals surface area contributed by atoms with Crippen LogP contribution in [-0.4, -0.2) is 17.5 Å². The number of amides is 1. The van der Waals surface area contributed by atoms with Crippen molar-refractivity contribution < 1.29 is 4.79 Å². The molecule has 0 bridgehead atoms. The van der Waals surface area contributed by atoms with Gasteiger partial charge in [0.05, 0.1) is 0 Å². The second-order valence-electron chi connectivity index (χ2n) is 4.58. The first-order valence-electron chi connectivity index (χ1n) is 6.50. The zero-order valence-electron chi connectivity index (χ0n) is 11.3. The van der Waals surface area contributed by atoms with Gasteiger partial charge in [-0.3, -0.25) is 4.79 Å². The SMILES string of the molecule is CCCCn1c(C(=O)NC)c(C)c2ccccc21. The Morgan fingerprint density at radius 1 is 1.33 bits per heavy atom. The van der Waals surface area contributed by atoms with Crippen LogP contribution in [0.1, 0.15) is 35.8 Å². The van der Waals surface area contributed by atoms with E-state index in [1.165, 1.54) is 5.39 Å². The Bertz CT molecular complexity index is 569. The molecule has 1 aromatic heterocycles. The van der Waals surface area contributed by atoms with Crippen LogP contribution >= 0.6 is 0 Å². The van der Waals surface area contributed by atoms with E-state index in [1.807, 2.05) is 19.1 Å². The van der Waals surface area contributed by atoms with Crippen molar-refractivity contribution in [2.75, 3.05) is 7.05 Å². The Morgan fingerprint density at radius 2 is 2.06 bits per heavy atom. The Balaban J connectivity index is 2.65. The first-order chi connectivity index (χ1) is 8.70. The van der Waals surface area contributed by atoms with Crippen LogP contribution in [-0.2, 0) is 6.54 Å². The lowest BCUT2D eigenvalue weighted by Gasteiger charge is -2.09. The summed E-state index contributed by atoms with van der Waals surface area (Å²) in [6.07, 6.45) is 2.21. The fourth-order valence-electron chi connectivity index (χ4n) is 2.44. The van der Waals surface area contributed by atoms with Crippen LogP contribution in [0.15, 0.2) is 24.3 Å². The summed E-state index contributed by atoms with van der Waals surface area (Å²) in [6.45, 7) is 5.08. The largest absolute Gasteiger partial charge is 0.354 e. The molecule has 18 heavy (non-hydrogen) atoms. The van der Waals surface area contributed by atoms with Crippen LogP contribution in [0.5, 0.6) is 0 Å². The van der Waals surface area contributed by atoms with E-state index in [4.69, 9.17) is 0 Å². The summed E-state index contributed by atoms with van der Waals surface area (Å²) in [7, 11) is 1.68. The van der Waals surface area contributed by atoms with Gasteiger partial charge in [-0.25, -0.2) is 0 Å². The van der Waals surface area contributed by atoms with Crippen molar-refractivity contribution in [3.05, 3.63) is 35.5 Å². The highest BCUT2D eigenvalue weighted by atomic mass is 16.1. The smallest absolute Gasteiger partial charge is 0.267 e. The standard InChI is InChI=1S/C15H20N2O/c1-4-5-10-17-13-9-7-6-8-12(13)11(2)14(17)15(18)16-3/h6-9H,4-5,10H2,1-3H3,(H,16,18). The highest BCUT2D eigenvalue weighted by Crippen LogP contribution is 2.26. The number of fused-ring (bicyclic) bond motifs is 1. The Labute approximate surface area is 108 Å². The number of hydrogen-bond donors (Lipinski definition) is 1. The second-order valence-corrected chi connectivity index (χ2v) is 4.58. The minimum absolute atomic E-state index is 0.000182. The maximum atomic E-state index is 12.1. The maximum Gasteiger partial charge on any atom is 0.267 e. The number of benzene rings is 1. The molecule has 1 N–H and O–H groups in total. The fraction of sp³-hybridized carbons (Fsp3) is 0.400. The predicted octanol–water partition coefficient (Wildman–Crippen LogP) is 3.11. The maximum absolute atomic E-state index is 12.1. The fourth-order valence-corrected chi connectivity index (χ4v) is 2.44. The molecule has 0 aliphatic heterocycles. The monoisotopic (exact) mass is 244 g/mol. The molecule has 0 saturated heterocycles. The first kappa shape index (κ1) is 12.7. The summed E-state index contributed by atoms with van der Waals surface area (Å²) in [4.78, 5) is 12.1. The topological polar surface area (TPSA) is 34.0 Å². The number of aryl methyl sites for hydroxylation is 2. The molecule has 96 valence electrons. The highest BCUT2D eigenvalue weighted by Gasteiger charge is 2.18. The van der Waals surface area contributed by atoms with Crippen molar-refractivity contribution in [1.82, 2.24) is 9.88 Å². The lowest BCUT2D eigenvalue weighted by atomic mass is 10.1. The Morgan fingerprint density at radius 3 is 2.72 bits per heavy atom. The number of carbonyl (C=O) groups is 1. The minimum atomic E-state index is -0.000182. The second kappa shape index (κ2) is 5.25. The molecule has 0 fully saturated rings. The normalized spacial score (nSPS) is 10.8. The van der Waals surface area contributed by atoms with Gasteiger partial charge in [0.2, 0.25) is 0 Å². The van der Waals surface area contributed by atoms with Crippen LogP contribution in [0, 0.1) is 6.92 Å². The van der Waals surface area contributed by atoms with Gasteiger partial charge in [-0.2, -0.15) is 0 Å². The van der Waals surface area contributed by atoms with Crippen LogP contribution in [0.3, 0.4) is 0 Å². The van der Waals surface area contributed by atoms with Crippen molar-refractivity contribution in [1.29, 1.82) is 0 Å². The van der Waals surface area contributed by atoms with Crippen molar-refractivity contribution in [3.63, 3.8) is 0 Å². The average Bonchev–Trinajstić information content (AvgIpc) is 2.69. The van der Waals surface area contributed by atoms with Gasteiger partial charge in [0.25, 0.3) is 5.91 Å². The minimum Gasteiger partial charge on any atom is -0.354 e. The van der Waals surface area contributed by atoms with Gasteiger partial charge in [-0.05, 0) is 25.0 Å².